The van der Waals surface area contributed by atoms with E-state index in [1.807, 2.05) is 25.6 Å². The molecule has 2 atom stereocenters. The third kappa shape index (κ3) is 2.78. The summed E-state index contributed by atoms with van der Waals surface area (Å²) in [5.74, 6) is 0.324. The second kappa shape index (κ2) is 5.07. The number of thioether (sulfide) groups is 1. The lowest BCUT2D eigenvalue weighted by atomic mass is 10.4. The lowest BCUT2D eigenvalue weighted by molar-refractivity contribution is 0.404. The molecule has 5 nitrogen and oxygen atoms in total. The van der Waals surface area contributed by atoms with Gasteiger partial charge in [-0.25, -0.2) is 13.4 Å². The van der Waals surface area contributed by atoms with Crippen molar-refractivity contribution in [2.45, 2.75) is 29.2 Å². The van der Waals surface area contributed by atoms with Crippen LogP contribution in [0.25, 0.3) is 0 Å². The average molecular weight is 287 g/mol. The minimum absolute atomic E-state index is 0.211. The van der Waals surface area contributed by atoms with E-state index in [1.54, 1.807) is 0 Å². The molecule has 0 aromatic carbocycles. The van der Waals surface area contributed by atoms with Gasteiger partial charge in [-0.3, -0.25) is 0 Å². The largest absolute Gasteiger partial charge is 0.384 e. The second-order valence-electron chi connectivity index (χ2n) is 4.50. The van der Waals surface area contributed by atoms with Gasteiger partial charge in [-0.2, -0.15) is 16.1 Å². The summed E-state index contributed by atoms with van der Waals surface area (Å²) in [5, 5.41) is 0.621. The predicted octanol–water partition coefficient (Wildman–Crippen LogP) is 1.18. The average Bonchev–Trinajstić information content (AvgIpc) is 2.28. The van der Waals surface area contributed by atoms with Crippen molar-refractivity contribution in [2.24, 2.45) is 0 Å². The molecule has 0 bridgehead atoms. The van der Waals surface area contributed by atoms with Crippen molar-refractivity contribution in [1.82, 2.24) is 9.29 Å². The molecule has 1 aliphatic rings. The fraction of sp³-hybridized carbons (Fsp3) is 0.545. The monoisotopic (exact) mass is 287 g/mol. The maximum absolute atomic E-state index is 12.4. The van der Waals surface area contributed by atoms with Crippen LogP contribution in [0.1, 0.15) is 13.8 Å². The Bertz CT molecular complexity index is 506. The van der Waals surface area contributed by atoms with Crippen LogP contribution in [0.2, 0.25) is 0 Å². The van der Waals surface area contributed by atoms with E-state index in [-0.39, 0.29) is 4.90 Å². The fourth-order valence-corrected chi connectivity index (χ4v) is 5.10. The molecule has 0 amide bonds. The van der Waals surface area contributed by atoms with Crippen LogP contribution in [0.3, 0.4) is 0 Å². The standard InChI is InChI=1S/C11H17N3O2S2/c1-8-6-14(7-9(2)17-8)18(15,16)10-3-4-11(12)13-5-10/h3-5,8-9H,6-7H2,1-2H3,(H2,12,13). The SMILES string of the molecule is CC1CN(S(=O)(=O)c2ccc(N)nc2)CC(C)S1. The quantitative estimate of drug-likeness (QED) is 0.884. The third-order valence-electron chi connectivity index (χ3n) is 2.78. The van der Waals surface area contributed by atoms with Crippen LogP contribution in [0.5, 0.6) is 0 Å². The Kier molecular flexibility index (Phi) is 3.84. The molecule has 1 aliphatic heterocycles. The minimum atomic E-state index is -3.44. The molecule has 2 heterocycles. The molecule has 7 heteroatoms. The topological polar surface area (TPSA) is 76.3 Å². The van der Waals surface area contributed by atoms with E-state index in [1.165, 1.54) is 22.6 Å². The fourth-order valence-electron chi connectivity index (χ4n) is 2.02. The maximum atomic E-state index is 12.4. The number of rotatable bonds is 2. The Labute approximate surface area is 112 Å². The summed E-state index contributed by atoms with van der Waals surface area (Å²) in [6.07, 6.45) is 1.32. The Balaban J connectivity index is 2.28. The van der Waals surface area contributed by atoms with Crippen LogP contribution >= 0.6 is 11.8 Å². The number of sulfonamides is 1. The zero-order valence-corrected chi connectivity index (χ0v) is 12.0. The number of anilines is 1. The first kappa shape index (κ1) is 13.6. The van der Waals surface area contributed by atoms with Gasteiger partial charge in [0, 0.05) is 29.8 Å². The number of nitrogen functional groups attached to an aromatic ring is 1. The highest BCUT2D eigenvalue weighted by Gasteiger charge is 2.32. The van der Waals surface area contributed by atoms with Gasteiger partial charge < -0.3 is 5.73 Å². The van der Waals surface area contributed by atoms with Gasteiger partial charge in [0.15, 0.2) is 0 Å². The second-order valence-corrected chi connectivity index (χ2v) is 8.32. The highest BCUT2D eigenvalue weighted by atomic mass is 32.2. The van der Waals surface area contributed by atoms with Gasteiger partial charge in [0.25, 0.3) is 0 Å². The predicted molar refractivity (Wildman–Crippen MR) is 73.9 cm³/mol. The van der Waals surface area contributed by atoms with E-state index in [4.69, 9.17) is 5.73 Å². The summed E-state index contributed by atoms with van der Waals surface area (Å²) in [7, 11) is -3.44. The molecular formula is C11H17N3O2S2. The number of nitrogens with zero attached hydrogens (tertiary/aromatic N) is 2. The van der Waals surface area contributed by atoms with E-state index in [2.05, 4.69) is 4.98 Å². The first-order valence-electron chi connectivity index (χ1n) is 5.76. The summed E-state index contributed by atoms with van der Waals surface area (Å²) in [6, 6.07) is 3.02. The molecule has 0 radical (unpaired) electrons. The molecule has 18 heavy (non-hydrogen) atoms. The Morgan fingerprint density at radius 3 is 2.44 bits per heavy atom. The molecule has 0 spiro atoms. The Morgan fingerprint density at radius 2 is 1.94 bits per heavy atom. The van der Waals surface area contributed by atoms with Crippen LogP contribution in [0, 0.1) is 0 Å². The van der Waals surface area contributed by atoms with Gasteiger partial charge in [0.05, 0.1) is 0 Å². The molecule has 1 saturated heterocycles. The van der Waals surface area contributed by atoms with E-state index < -0.39 is 10.0 Å². The zero-order chi connectivity index (χ0) is 13.3. The number of pyridine rings is 1. The van der Waals surface area contributed by atoms with Crippen LogP contribution in [0.15, 0.2) is 23.2 Å². The van der Waals surface area contributed by atoms with Crippen molar-refractivity contribution >= 4 is 27.6 Å². The van der Waals surface area contributed by atoms with Gasteiger partial charge in [-0.1, -0.05) is 13.8 Å². The highest BCUT2D eigenvalue weighted by molar-refractivity contribution is 8.00. The minimum Gasteiger partial charge on any atom is -0.384 e. The van der Waals surface area contributed by atoms with Crippen LogP contribution < -0.4 is 5.73 Å². The van der Waals surface area contributed by atoms with Crippen LogP contribution in [-0.4, -0.2) is 41.3 Å². The lowest BCUT2D eigenvalue weighted by Gasteiger charge is -2.33. The van der Waals surface area contributed by atoms with Crippen molar-refractivity contribution in [3.8, 4) is 0 Å². The van der Waals surface area contributed by atoms with Crippen molar-refractivity contribution in [3.05, 3.63) is 18.3 Å². The summed E-state index contributed by atoms with van der Waals surface area (Å²) < 4.78 is 26.4. The first-order chi connectivity index (χ1) is 8.39. The van der Waals surface area contributed by atoms with E-state index in [9.17, 15) is 8.42 Å². The van der Waals surface area contributed by atoms with Gasteiger partial charge >= 0.3 is 0 Å². The summed E-state index contributed by atoms with van der Waals surface area (Å²) in [5.41, 5.74) is 5.47. The molecule has 0 aliphatic carbocycles. The third-order valence-corrected chi connectivity index (χ3v) is 5.83. The Hall–Kier alpha value is -0.790. The van der Waals surface area contributed by atoms with Crippen molar-refractivity contribution < 1.29 is 8.42 Å². The molecule has 1 fully saturated rings. The van der Waals surface area contributed by atoms with Gasteiger partial charge in [0.2, 0.25) is 10.0 Å². The van der Waals surface area contributed by atoms with Crippen LogP contribution in [0.4, 0.5) is 5.82 Å². The van der Waals surface area contributed by atoms with Gasteiger partial charge in [-0.05, 0) is 12.1 Å². The maximum Gasteiger partial charge on any atom is 0.244 e. The van der Waals surface area contributed by atoms with Crippen molar-refractivity contribution in [3.63, 3.8) is 0 Å². The van der Waals surface area contributed by atoms with E-state index in [0.29, 0.717) is 29.4 Å². The molecular weight excluding hydrogens is 270 g/mol. The van der Waals surface area contributed by atoms with Gasteiger partial charge in [0.1, 0.15) is 10.7 Å². The molecule has 1 aromatic heterocycles. The number of hydrogen-bond acceptors (Lipinski definition) is 5. The number of aromatic nitrogens is 1. The zero-order valence-electron chi connectivity index (χ0n) is 10.4. The number of nitrogens with two attached hydrogens (primary N) is 1. The molecule has 1 aromatic rings. The molecule has 100 valence electrons. The van der Waals surface area contributed by atoms with Crippen molar-refractivity contribution in [1.29, 1.82) is 0 Å². The normalized spacial score (nSPS) is 26.1. The molecule has 2 N–H and O–H groups in total. The lowest BCUT2D eigenvalue weighted by Crippen LogP contribution is -2.43. The molecule has 0 saturated carbocycles. The summed E-state index contributed by atoms with van der Waals surface area (Å²) in [4.78, 5) is 4.06. The summed E-state index contributed by atoms with van der Waals surface area (Å²) in [6.45, 7) is 5.18. The first-order valence-corrected chi connectivity index (χ1v) is 8.15. The smallest absolute Gasteiger partial charge is 0.244 e. The summed E-state index contributed by atoms with van der Waals surface area (Å²) >= 11 is 1.82. The van der Waals surface area contributed by atoms with Gasteiger partial charge in [-0.15, -0.1) is 0 Å². The highest BCUT2D eigenvalue weighted by Crippen LogP contribution is 2.28. The van der Waals surface area contributed by atoms with Crippen LogP contribution in [-0.2, 0) is 10.0 Å². The Morgan fingerprint density at radius 1 is 1.33 bits per heavy atom. The molecule has 2 rings (SSSR count). The van der Waals surface area contributed by atoms with Crippen molar-refractivity contribution in [2.75, 3.05) is 18.8 Å². The van der Waals surface area contributed by atoms with E-state index in [0.717, 1.165) is 0 Å². The number of hydrogen-bond donors (Lipinski definition) is 1. The van der Waals surface area contributed by atoms with E-state index >= 15 is 0 Å². The molecule has 2 unspecified atom stereocenters.